The molecule has 0 aromatic heterocycles. The second-order valence-corrected chi connectivity index (χ2v) is 6.81. The molecule has 0 aliphatic carbocycles. The Bertz CT molecular complexity index is 1110. The minimum Gasteiger partial charge on any atom is -0.396 e. The molecule has 3 rings (SSSR count). The predicted molar refractivity (Wildman–Crippen MR) is 102 cm³/mol. The number of aryl methyl sites for hydroxylation is 1. The van der Waals surface area contributed by atoms with Gasteiger partial charge in [0.1, 0.15) is 18.3 Å². The van der Waals surface area contributed by atoms with Gasteiger partial charge in [-0.3, -0.25) is 9.78 Å². The van der Waals surface area contributed by atoms with E-state index >= 15 is 0 Å². The quantitative estimate of drug-likeness (QED) is 0.231. The van der Waals surface area contributed by atoms with Crippen LogP contribution in [0.1, 0.15) is 11.1 Å². The number of rotatable bonds is 7. The fourth-order valence-corrected chi connectivity index (χ4v) is 3.22. The highest BCUT2D eigenvalue weighted by atomic mass is 16.4. The van der Waals surface area contributed by atoms with Gasteiger partial charge >= 0.3 is 5.69 Å². The van der Waals surface area contributed by atoms with Crippen molar-refractivity contribution in [1.29, 1.82) is 0 Å². The van der Waals surface area contributed by atoms with Crippen molar-refractivity contribution in [2.45, 2.75) is 38.2 Å². The van der Waals surface area contributed by atoms with Gasteiger partial charge < -0.3 is 30.1 Å². The Labute approximate surface area is 163 Å². The molecule has 0 fully saturated rings. The van der Waals surface area contributed by atoms with Gasteiger partial charge in [0.2, 0.25) is 0 Å². The van der Waals surface area contributed by atoms with Crippen LogP contribution in [0, 0.1) is 6.92 Å². The summed E-state index contributed by atoms with van der Waals surface area (Å²) >= 11 is 0. The molecule has 0 radical (unpaired) electrons. The fraction of sp³-hybridized carbons (Fsp3) is 0.444. The third-order valence-electron chi connectivity index (χ3n) is 4.79. The van der Waals surface area contributed by atoms with E-state index in [-0.39, 0.29) is 24.7 Å². The van der Waals surface area contributed by atoms with Gasteiger partial charge in [0, 0.05) is 6.61 Å². The zero-order valence-electron chi connectivity index (χ0n) is 15.6. The van der Waals surface area contributed by atoms with Crippen molar-refractivity contribution in [2.75, 3.05) is 13.2 Å². The lowest BCUT2D eigenvalue weighted by Gasteiger charge is -2.25. The highest BCUT2D eigenvalue weighted by Crippen LogP contribution is 2.25. The number of hydrogen-bond acceptors (Lipinski definition) is 9. The fourth-order valence-electron chi connectivity index (χ4n) is 3.22. The number of aliphatic hydroxyl groups is 5. The lowest BCUT2D eigenvalue weighted by Crippen LogP contribution is -2.42. The summed E-state index contributed by atoms with van der Waals surface area (Å²) in [5.41, 5.74) is 0.624. The van der Waals surface area contributed by atoms with Crippen LogP contribution < -0.4 is 11.2 Å². The van der Waals surface area contributed by atoms with Crippen LogP contribution >= 0.6 is 0 Å². The van der Waals surface area contributed by atoms with E-state index in [0.717, 1.165) is 11.1 Å². The van der Waals surface area contributed by atoms with Gasteiger partial charge in [-0.1, -0.05) is 0 Å². The minimum atomic E-state index is -1.68. The molecule has 156 valence electrons. The van der Waals surface area contributed by atoms with E-state index in [0.29, 0.717) is 17.5 Å². The number of fused-ring (bicyclic) bond motifs is 2. The smallest absolute Gasteiger partial charge is 0.349 e. The Balaban J connectivity index is 2.28. The van der Waals surface area contributed by atoms with Crippen molar-refractivity contribution in [1.82, 2.24) is 19.5 Å². The summed E-state index contributed by atoms with van der Waals surface area (Å²) in [7, 11) is 0. The van der Waals surface area contributed by atoms with E-state index in [4.69, 9.17) is 5.11 Å². The van der Waals surface area contributed by atoms with Gasteiger partial charge in [-0.15, -0.1) is 0 Å². The van der Waals surface area contributed by atoms with Crippen LogP contribution in [0.3, 0.4) is 0 Å². The maximum absolute atomic E-state index is 12.2. The zero-order chi connectivity index (χ0) is 21.3. The Hall–Kier alpha value is -2.70. The summed E-state index contributed by atoms with van der Waals surface area (Å²) in [6.07, 6.45) is -4.45. The minimum absolute atomic E-state index is 0.0972. The molecular formula is C18H22N4O7. The second kappa shape index (κ2) is 8.35. The molecule has 0 bridgehead atoms. The van der Waals surface area contributed by atoms with Crippen LogP contribution in [0.2, 0.25) is 0 Å². The van der Waals surface area contributed by atoms with Gasteiger partial charge in [0.25, 0.3) is 5.56 Å². The van der Waals surface area contributed by atoms with E-state index in [1.165, 1.54) is 4.57 Å². The van der Waals surface area contributed by atoms with E-state index in [1.54, 1.807) is 12.1 Å². The number of nitrogens with zero attached hydrogens (tertiary/aromatic N) is 3. The molecular weight excluding hydrogens is 384 g/mol. The topological polar surface area (TPSA) is 182 Å². The van der Waals surface area contributed by atoms with Crippen LogP contribution in [-0.4, -0.2) is 76.6 Å². The number of benzene rings is 1. The van der Waals surface area contributed by atoms with Crippen molar-refractivity contribution in [2.24, 2.45) is 0 Å². The molecule has 0 saturated heterocycles. The van der Waals surface area contributed by atoms with Crippen molar-refractivity contribution in [3.63, 3.8) is 0 Å². The van der Waals surface area contributed by atoms with Crippen molar-refractivity contribution >= 4 is 11.0 Å². The molecule has 0 unspecified atom stereocenters. The number of aromatic nitrogens is 4. The molecule has 3 atom stereocenters. The highest BCUT2D eigenvalue weighted by Gasteiger charge is 2.27. The first-order valence-corrected chi connectivity index (χ1v) is 8.96. The summed E-state index contributed by atoms with van der Waals surface area (Å²) in [5.74, 6) is -0.102. The van der Waals surface area contributed by atoms with Crippen molar-refractivity contribution in [3.05, 3.63) is 44.1 Å². The van der Waals surface area contributed by atoms with E-state index in [2.05, 4.69) is 9.97 Å². The summed E-state index contributed by atoms with van der Waals surface area (Å²) in [6.45, 7) is 0.620. The van der Waals surface area contributed by atoms with Crippen LogP contribution in [0.5, 0.6) is 0 Å². The van der Waals surface area contributed by atoms with Gasteiger partial charge in [0.05, 0.1) is 24.2 Å². The lowest BCUT2D eigenvalue weighted by molar-refractivity contribution is -0.0802. The van der Waals surface area contributed by atoms with Gasteiger partial charge in [-0.2, -0.15) is 4.98 Å². The normalized spacial score (nSPS) is 15.0. The summed E-state index contributed by atoms with van der Waals surface area (Å²) in [4.78, 5) is 34.1. The van der Waals surface area contributed by atoms with Crippen LogP contribution in [0.4, 0.5) is 0 Å². The standard InChI is InChI=1S/C18H22N4O7/c1-8-4-10-11(5-9(8)2-3-23)22(6-12(25)15(27)13(26)7-24)16-14(19-10)17(28)21-18(29)20-16/h4-5,12-13,15,23-27H,2-3,6-7H2,1H3,(H,21,28,29)/t12-,13+,15-/m1/s1. The SMILES string of the molecule is Cc1cc2nc3c(=O)[nH]c(=O)nc-3n(C[C@@H](O)[C@@H](O)[C@@H](O)CO)c2cc1CCO. The number of aromatic amines is 1. The van der Waals surface area contributed by atoms with Gasteiger partial charge in [-0.25, -0.2) is 9.78 Å². The Morgan fingerprint density at radius 2 is 1.83 bits per heavy atom. The van der Waals surface area contributed by atoms with Crippen LogP contribution in [0.25, 0.3) is 22.6 Å². The zero-order valence-corrected chi connectivity index (χ0v) is 15.6. The first-order valence-electron chi connectivity index (χ1n) is 8.96. The molecule has 0 spiro atoms. The molecule has 0 saturated carbocycles. The first kappa shape index (κ1) is 21.0. The van der Waals surface area contributed by atoms with Crippen LogP contribution in [0.15, 0.2) is 21.7 Å². The Morgan fingerprint density at radius 1 is 1.10 bits per heavy atom. The first-order chi connectivity index (χ1) is 13.8. The molecule has 11 heteroatoms. The monoisotopic (exact) mass is 406 g/mol. The number of nitrogens with one attached hydrogen (secondary N) is 1. The highest BCUT2D eigenvalue weighted by molar-refractivity contribution is 5.81. The van der Waals surface area contributed by atoms with E-state index in [9.17, 15) is 30.0 Å². The van der Waals surface area contributed by atoms with Gasteiger partial charge in [0.15, 0.2) is 11.5 Å². The second-order valence-electron chi connectivity index (χ2n) is 6.81. The molecule has 2 heterocycles. The van der Waals surface area contributed by atoms with Crippen LogP contribution in [-0.2, 0) is 13.0 Å². The van der Waals surface area contributed by atoms with Gasteiger partial charge in [-0.05, 0) is 36.6 Å². The lowest BCUT2D eigenvalue weighted by atomic mass is 10.0. The van der Waals surface area contributed by atoms with E-state index in [1.807, 2.05) is 11.9 Å². The predicted octanol–water partition coefficient (Wildman–Crippen LogP) is -2.50. The Morgan fingerprint density at radius 3 is 2.48 bits per heavy atom. The van der Waals surface area contributed by atoms with Crippen molar-refractivity contribution < 1.29 is 25.5 Å². The molecule has 2 aliphatic heterocycles. The molecule has 29 heavy (non-hydrogen) atoms. The average molecular weight is 406 g/mol. The maximum Gasteiger partial charge on any atom is 0.349 e. The van der Waals surface area contributed by atoms with Crippen molar-refractivity contribution in [3.8, 4) is 11.5 Å². The molecule has 1 aromatic carbocycles. The third-order valence-corrected chi connectivity index (χ3v) is 4.79. The number of aliphatic hydroxyl groups excluding tert-OH is 5. The Kier molecular flexibility index (Phi) is 6.05. The number of H-pyrrole nitrogens is 1. The molecule has 11 nitrogen and oxygen atoms in total. The average Bonchev–Trinajstić information content (AvgIpc) is 2.68. The molecule has 2 aliphatic rings. The maximum atomic E-state index is 12.2. The molecule has 1 aromatic rings. The molecule has 0 amide bonds. The summed E-state index contributed by atoms with van der Waals surface area (Å²) in [6, 6.07) is 3.40. The molecule has 6 N–H and O–H groups in total. The summed E-state index contributed by atoms with van der Waals surface area (Å²) in [5, 5.41) is 48.3. The third kappa shape index (κ3) is 4.04. The summed E-state index contributed by atoms with van der Waals surface area (Å²) < 4.78 is 1.35. The largest absolute Gasteiger partial charge is 0.396 e. The van der Waals surface area contributed by atoms with E-state index < -0.39 is 36.2 Å². The number of hydrogen-bond donors (Lipinski definition) is 6.